The summed E-state index contributed by atoms with van der Waals surface area (Å²) in [6, 6.07) is 23.8. The molecule has 0 aliphatic rings. The van der Waals surface area contributed by atoms with E-state index in [0.29, 0.717) is 23.7 Å². The van der Waals surface area contributed by atoms with Crippen molar-refractivity contribution in [3.8, 4) is 11.5 Å². The zero-order valence-electron chi connectivity index (χ0n) is 16.8. The van der Waals surface area contributed by atoms with E-state index in [0.717, 1.165) is 11.1 Å². The number of hydrogen-bond donors (Lipinski definition) is 1. The van der Waals surface area contributed by atoms with Gasteiger partial charge in [-0.25, -0.2) is 4.79 Å². The van der Waals surface area contributed by atoms with Crippen molar-refractivity contribution in [3.63, 3.8) is 0 Å². The maximum Gasteiger partial charge on any atom is 0.341 e. The van der Waals surface area contributed by atoms with E-state index in [4.69, 9.17) is 14.6 Å². The van der Waals surface area contributed by atoms with Gasteiger partial charge in [0.15, 0.2) is 12.4 Å². The first-order valence-corrected chi connectivity index (χ1v) is 9.72. The van der Waals surface area contributed by atoms with Crippen LogP contribution in [-0.4, -0.2) is 30.1 Å². The van der Waals surface area contributed by atoms with Gasteiger partial charge in [0.25, 0.3) is 0 Å². The number of ketones is 1. The molecule has 31 heavy (non-hydrogen) atoms. The fourth-order valence-corrected chi connectivity index (χ4v) is 2.78. The number of aliphatic carboxylic acids is 1. The number of ether oxygens (including phenoxy) is 2. The Bertz CT molecular complexity index is 1080. The van der Waals surface area contributed by atoms with E-state index in [-0.39, 0.29) is 5.78 Å². The van der Waals surface area contributed by atoms with Crippen molar-refractivity contribution in [1.29, 1.82) is 0 Å². The van der Waals surface area contributed by atoms with Crippen molar-refractivity contribution in [2.24, 2.45) is 0 Å². The number of carboxylic acid groups (broad SMARTS) is 1. The van der Waals surface area contributed by atoms with Gasteiger partial charge in [0.1, 0.15) is 18.1 Å². The van der Waals surface area contributed by atoms with Gasteiger partial charge in [-0.15, -0.1) is 0 Å². The zero-order valence-corrected chi connectivity index (χ0v) is 16.8. The molecule has 156 valence electrons. The van der Waals surface area contributed by atoms with Gasteiger partial charge in [-0.2, -0.15) is 0 Å². The third-order valence-corrected chi connectivity index (χ3v) is 4.26. The molecule has 0 spiro atoms. The Labute approximate surface area is 180 Å². The lowest BCUT2D eigenvalue weighted by molar-refractivity contribution is -0.139. The van der Waals surface area contributed by atoms with E-state index in [2.05, 4.69) is 0 Å². The predicted octanol–water partition coefficient (Wildman–Crippen LogP) is 5.14. The summed E-state index contributed by atoms with van der Waals surface area (Å²) in [6.45, 7) is -0.0619. The summed E-state index contributed by atoms with van der Waals surface area (Å²) in [4.78, 5) is 23.2. The highest BCUT2D eigenvalue weighted by Crippen LogP contribution is 2.21. The summed E-state index contributed by atoms with van der Waals surface area (Å²) in [5.74, 6) is -0.301. The molecular weight excluding hydrogens is 392 g/mol. The van der Waals surface area contributed by atoms with Gasteiger partial charge in [0.05, 0.1) is 0 Å². The van der Waals surface area contributed by atoms with Gasteiger partial charge in [-0.05, 0) is 42.0 Å². The third kappa shape index (κ3) is 7.01. The molecule has 0 bridgehead atoms. The minimum atomic E-state index is -1.08. The molecule has 0 aromatic heterocycles. The van der Waals surface area contributed by atoms with Gasteiger partial charge in [-0.3, -0.25) is 4.79 Å². The lowest BCUT2D eigenvalue weighted by Gasteiger charge is -2.07. The van der Waals surface area contributed by atoms with Crippen LogP contribution in [0.1, 0.15) is 21.5 Å². The van der Waals surface area contributed by atoms with E-state index in [1.54, 1.807) is 24.3 Å². The normalized spacial score (nSPS) is 11.0. The Morgan fingerprint density at radius 2 is 1.61 bits per heavy atom. The fourth-order valence-electron chi connectivity index (χ4n) is 2.78. The van der Waals surface area contributed by atoms with E-state index < -0.39 is 12.6 Å². The predicted molar refractivity (Wildman–Crippen MR) is 120 cm³/mol. The highest BCUT2D eigenvalue weighted by Gasteiger charge is 2.06. The molecule has 1 N–H and O–H groups in total. The smallest absolute Gasteiger partial charge is 0.341 e. The van der Waals surface area contributed by atoms with Crippen LogP contribution < -0.4 is 9.47 Å². The number of benzene rings is 3. The van der Waals surface area contributed by atoms with Crippen LogP contribution in [0.2, 0.25) is 0 Å². The molecule has 0 heterocycles. The summed E-state index contributed by atoms with van der Waals surface area (Å²) in [5.41, 5.74) is 2.28. The molecule has 0 unspecified atom stereocenters. The van der Waals surface area contributed by atoms with Crippen molar-refractivity contribution in [3.05, 3.63) is 108 Å². The minimum absolute atomic E-state index is 0.223. The van der Waals surface area contributed by atoms with Crippen molar-refractivity contribution in [2.45, 2.75) is 0 Å². The molecule has 5 heteroatoms. The first kappa shape index (κ1) is 21.6. The van der Waals surface area contributed by atoms with Crippen LogP contribution in [0.15, 0.2) is 91.0 Å². The quantitative estimate of drug-likeness (QED) is 0.367. The standard InChI is InChI=1S/C26H22O5/c27-24(22-12-6-13-23(18-22)31-19-26(28)29)16-15-21-11-4-5-14-25(21)30-17-7-10-20-8-2-1-3-9-20/h1-16,18H,17,19H2,(H,28,29). The topological polar surface area (TPSA) is 72.8 Å². The van der Waals surface area contributed by atoms with Crippen molar-refractivity contribution >= 4 is 23.9 Å². The molecule has 0 amide bonds. The number of carbonyl (C=O) groups excluding carboxylic acids is 1. The van der Waals surface area contributed by atoms with Gasteiger partial charge in [0, 0.05) is 11.1 Å². The molecule has 0 aliphatic carbocycles. The van der Waals surface area contributed by atoms with Crippen molar-refractivity contribution in [1.82, 2.24) is 0 Å². The molecule has 0 aliphatic heterocycles. The van der Waals surface area contributed by atoms with E-state index >= 15 is 0 Å². The number of carbonyl (C=O) groups is 2. The summed E-state index contributed by atoms with van der Waals surface area (Å²) in [6.07, 6.45) is 7.08. The molecule has 3 rings (SSSR count). The minimum Gasteiger partial charge on any atom is -0.489 e. The first-order chi connectivity index (χ1) is 15.1. The Morgan fingerprint density at radius 1 is 0.839 bits per heavy atom. The lowest BCUT2D eigenvalue weighted by atomic mass is 10.1. The number of carboxylic acids is 1. The fraction of sp³-hybridized carbons (Fsp3) is 0.0769. The largest absolute Gasteiger partial charge is 0.489 e. The summed E-state index contributed by atoms with van der Waals surface area (Å²) in [7, 11) is 0. The Kier molecular flexibility index (Phi) is 7.77. The number of allylic oxidation sites excluding steroid dienone is 1. The molecule has 0 radical (unpaired) electrons. The van der Waals surface area contributed by atoms with Gasteiger partial charge >= 0.3 is 5.97 Å². The van der Waals surface area contributed by atoms with Crippen LogP contribution in [0.4, 0.5) is 0 Å². The number of para-hydroxylation sites is 1. The van der Waals surface area contributed by atoms with Crippen molar-refractivity contribution in [2.75, 3.05) is 13.2 Å². The average Bonchev–Trinajstić information content (AvgIpc) is 2.80. The van der Waals surface area contributed by atoms with Crippen LogP contribution in [0.25, 0.3) is 12.2 Å². The van der Waals surface area contributed by atoms with Crippen LogP contribution in [0.5, 0.6) is 11.5 Å². The molecule has 0 atom stereocenters. The van der Waals surface area contributed by atoms with E-state index in [9.17, 15) is 9.59 Å². The second kappa shape index (κ2) is 11.2. The number of rotatable bonds is 10. The first-order valence-electron chi connectivity index (χ1n) is 9.72. The highest BCUT2D eigenvalue weighted by molar-refractivity contribution is 6.07. The molecule has 5 nitrogen and oxygen atoms in total. The van der Waals surface area contributed by atoms with Crippen LogP contribution >= 0.6 is 0 Å². The third-order valence-electron chi connectivity index (χ3n) is 4.26. The Hall–Kier alpha value is -4.12. The van der Waals surface area contributed by atoms with Gasteiger partial charge < -0.3 is 14.6 Å². The van der Waals surface area contributed by atoms with E-state index in [1.165, 1.54) is 12.1 Å². The summed E-state index contributed by atoms with van der Waals surface area (Å²) >= 11 is 0. The molecule has 0 saturated carbocycles. The zero-order chi connectivity index (χ0) is 21.9. The average molecular weight is 414 g/mol. The lowest BCUT2D eigenvalue weighted by Crippen LogP contribution is -2.09. The monoisotopic (exact) mass is 414 g/mol. The maximum absolute atomic E-state index is 12.5. The maximum atomic E-state index is 12.5. The second-order valence-electron chi connectivity index (χ2n) is 6.57. The summed E-state index contributed by atoms with van der Waals surface area (Å²) < 4.78 is 11.0. The van der Waals surface area contributed by atoms with Crippen LogP contribution in [0, 0.1) is 0 Å². The summed E-state index contributed by atoms with van der Waals surface area (Å²) in [5, 5.41) is 8.71. The molecule has 3 aromatic rings. The highest BCUT2D eigenvalue weighted by atomic mass is 16.5. The second-order valence-corrected chi connectivity index (χ2v) is 6.57. The Balaban J connectivity index is 1.63. The molecule has 0 fully saturated rings. The Morgan fingerprint density at radius 3 is 2.42 bits per heavy atom. The van der Waals surface area contributed by atoms with Gasteiger partial charge in [0.2, 0.25) is 0 Å². The molecular formula is C26H22O5. The molecule has 3 aromatic carbocycles. The number of hydrogen-bond acceptors (Lipinski definition) is 4. The van der Waals surface area contributed by atoms with Crippen LogP contribution in [-0.2, 0) is 4.79 Å². The SMILES string of the molecule is O=C(O)COc1cccc(C(=O)C=Cc2ccccc2OCC=Cc2ccccc2)c1. The van der Waals surface area contributed by atoms with Gasteiger partial charge in [-0.1, -0.05) is 66.7 Å². The molecule has 0 saturated heterocycles. The van der Waals surface area contributed by atoms with E-state index in [1.807, 2.05) is 66.7 Å². The van der Waals surface area contributed by atoms with Crippen molar-refractivity contribution < 1.29 is 24.2 Å². The van der Waals surface area contributed by atoms with Crippen LogP contribution in [0.3, 0.4) is 0 Å².